The van der Waals surface area contributed by atoms with Gasteiger partial charge in [-0.25, -0.2) is 13.1 Å². The van der Waals surface area contributed by atoms with Crippen LogP contribution < -0.4 is 20.5 Å². The summed E-state index contributed by atoms with van der Waals surface area (Å²) in [5, 5.41) is 2.87. The van der Waals surface area contributed by atoms with Gasteiger partial charge < -0.3 is 15.8 Å². The highest BCUT2D eigenvalue weighted by Crippen LogP contribution is 2.28. The lowest BCUT2D eigenvalue weighted by molar-refractivity contribution is 0.0935. The molecule has 1 saturated carbocycles. The lowest BCUT2D eigenvalue weighted by Crippen LogP contribution is -2.40. The summed E-state index contributed by atoms with van der Waals surface area (Å²) in [4.78, 5) is 12.4. The van der Waals surface area contributed by atoms with Gasteiger partial charge in [0.05, 0.1) is 7.11 Å². The molecule has 26 heavy (non-hydrogen) atoms. The topological polar surface area (TPSA) is 111 Å². The van der Waals surface area contributed by atoms with Crippen molar-refractivity contribution in [2.45, 2.75) is 56.0 Å². The van der Waals surface area contributed by atoms with E-state index < -0.39 is 10.0 Å². The third kappa shape index (κ3) is 6.12. The molecule has 1 aliphatic rings. The number of carbonyl (C=O) groups is 1. The Labute approximate surface area is 161 Å². The highest BCUT2D eigenvalue weighted by atomic mass is 35.5. The molecule has 148 valence electrons. The highest BCUT2D eigenvalue weighted by molar-refractivity contribution is 7.89. The maximum Gasteiger partial charge on any atom is 0.251 e. The molecule has 1 atom stereocenters. The number of methoxy groups -OCH3 is 1. The smallest absolute Gasteiger partial charge is 0.251 e. The first kappa shape index (κ1) is 22.7. The molecule has 0 bridgehead atoms. The van der Waals surface area contributed by atoms with Gasteiger partial charge >= 0.3 is 0 Å². The first-order valence-corrected chi connectivity index (χ1v) is 10.1. The van der Waals surface area contributed by atoms with E-state index in [1.807, 2.05) is 0 Å². The summed E-state index contributed by atoms with van der Waals surface area (Å²) in [5.41, 5.74) is 5.98. The summed E-state index contributed by atoms with van der Waals surface area (Å²) in [5.74, 6) is -0.122. The Morgan fingerprint density at radius 3 is 2.62 bits per heavy atom. The van der Waals surface area contributed by atoms with Crippen LogP contribution in [-0.4, -0.2) is 40.1 Å². The van der Waals surface area contributed by atoms with Gasteiger partial charge in [0.2, 0.25) is 10.0 Å². The number of hydrogen-bond donors (Lipinski definition) is 3. The van der Waals surface area contributed by atoms with Crippen molar-refractivity contribution >= 4 is 28.3 Å². The van der Waals surface area contributed by atoms with Crippen LogP contribution in [0, 0.1) is 0 Å². The molecule has 0 aliphatic heterocycles. The summed E-state index contributed by atoms with van der Waals surface area (Å²) in [6.45, 7) is 2.42. The fraction of sp³-hybridized carbons (Fsp3) is 0.588. The van der Waals surface area contributed by atoms with Crippen molar-refractivity contribution in [2.24, 2.45) is 5.73 Å². The Morgan fingerprint density at radius 1 is 1.38 bits per heavy atom. The summed E-state index contributed by atoms with van der Waals surface area (Å²) in [6.07, 6.45) is 4.44. The van der Waals surface area contributed by atoms with E-state index in [1.54, 1.807) is 6.07 Å². The minimum Gasteiger partial charge on any atom is -0.495 e. The van der Waals surface area contributed by atoms with Crippen LogP contribution in [0.4, 0.5) is 0 Å². The van der Waals surface area contributed by atoms with Crippen molar-refractivity contribution in [3.05, 3.63) is 23.8 Å². The van der Waals surface area contributed by atoms with Crippen molar-refractivity contribution in [2.75, 3.05) is 13.7 Å². The predicted octanol–water partition coefficient (Wildman–Crippen LogP) is 1.81. The average molecular weight is 406 g/mol. The molecule has 4 N–H and O–H groups in total. The molecule has 1 aromatic carbocycles. The molecule has 0 aromatic heterocycles. The third-order valence-corrected chi connectivity index (χ3v) is 5.68. The zero-order valence-corrected chi connectivity index (χ0v) is 16.8. The number of sulfonamides is 1. The Bertz CT molecular complexity index is 708. The van der Waals surface area contributed by atoms with Crippen molar-refractivity contribution in [1.29, 1.82) is 0 Å². The summed E-state index contributed by atoms with van der Waals surface area (Å²) in [6, 6.07) is 4.26. The second-order valence-electron chi connectivity index (χ2n) is 6.31. The standard InChI is InChI=1S/C17H27N3O4S.ClH/c1-3-4-5-14(11-18)19-17(21)12-6-9-15(24-2)16(10-12)25(22,23)20-13-7-8-13;/h6,9-10,13-14,20H,3-5,7-8,11,18H2,1-2H3,(H,19,21);1H. The number of halogens is 1. The molecule has 1 aliphatic carbocycles. The van der Waals surface area contributed by atoms with E-state index in [2.05, 4.69) is 17.0 Å². The normalized spacial score (nSPS) is 15.0. The Hall–Kier alpha value is -1.35. The lowest BCUT2D eigenvalue weighted by Gasteiger charge is -2.17. The van der Waals surface area contributed by atoms with Crippen molar-refractivity contribution in [3.63, 3.8) is 0 Å². The summed E-state index contributed by atoms with van der Waals surface area (Å²) < 4.78 is 32.8. The van der Waals surface area contributed by atoms with E-state index in [-0.39, 0.29) is 46.6 Å². The molecule has 7 nitrogen and oxygen atoms in total. The number of rotatable bonds is 10. The quantitative estimate of drug-likeness (QED) is 0.549. The monoisotopic (exact) mass is 405 g/mol. The third-order valence-electron chi connectivity index (χ3n) is 4.14. The summed E-state index contributed by atoms with van der Waals surface area (Å²) in [7, 11) is -2.32. The van der Waals surface area contributed by atoms with Crippen LogP contribution in [0.15, 0.2) is 23.1 Å². The number of hydrogen-bond acceptors (Lipinski definition) is 5. The lowest BCUT2D eigenvalue weighted by atomic mass is 10.1. The second-order valence-corrected chi connectivity index (χ2v) is 7.99. The van der Waals surface area contributed by atoms with E-state index >= 15 is 0 Å². The first-order chi connectivity index (χ1) is 11.9. The highest BCUT2D eigenvalue weighted by Gasteiger charge is 2.30. The fourth-order valence-electron chi connectivity index (χ4n) is 2.48. The minimum atomic E-state index is -3.72. The van der Waals surface area contributed by atoms with Gasteiger partial charge in [0.1, 0.15) is 10.6 Å². The number of nitrogens with two attached hydrogens (primary N) is 1. The van der Waals surface area contributed by atoms with Crippen molar-refractivity contribution in [1.82, 2.24) is 10.0 Å². The number of nitrogens with one attached hydrogen (secondary N) is 2. The Morgan fingerprint density at radius 2 is 2.08 bits per heavy atom. The van der Waals surface area contributed by atoms with Gasteiger partial charge in [-0.15, -0.1) is 12.4 Å². The van der Waals surface area contributed by atoms with Gasteiger partial charge in [0.25, 0.3) is 5.91 Å². The van der Waals surface area contributed by atoms with Gasteiger partial charge in [-0.05, 0) is 37.5 Å². The SMILES string of the molecule is CCCCC(CN)NC(=O)c1ccc(OC)c(S(=O)(=O)NC2CC2)c1.Cl. The van der Waals surface area contributed by atoms with Crippen LogP contribution in [0.1, 0.15) is 49.4 Å². The van der Waals surface area contributed by atoms with E-state index in [4.69, 9.17) is 10.5 Å². The maximum absolute atomic E-state index is 12.5. The van der Waals surface area contributed by atoms with Crippen LogP contribution in [0.3, 0.4) is 0 Å². The average Bonchev–Trinajstić information content (AvgIpc) is 3.41. The van der Waals surface area contributed by atoms with Gasteiger partial charge in [-0.1, -0.05) is 19.8 Å². The molecule has 0 radical (unpaired) electrons. The van der Waals surface area contributed by atoms with E-state index in [0.717, 1.165) is 32.1 Å². The predicted molar refractivity (Wildman–Crippen MR) is 103 cm³/mol. The van der Waals surface area contributed by atoms with Gasteiger partial charge in [-0.2, -0.15) is 0 Å². The van der Waals surface area contributed by atoms with Gasteiger partial charge in [0, 0.05) is 24.2 Å². The first-order valence-electron chi connectivity index (χ1n) is 8.62. The Balaban J connectivity index is 0.00000338. The molecule has 2 rings (SSSR count). The molecule has 0 spiro atoms. The molecule has 9 heteroatoms. The van der Waals surface area contributed by atoms with Crippen LogP contribution in [0.2, 0.25) is 0 Å². The molecule has 1 amide bonds. The number of unbranched alkanes of at least 4 members (excludes halogenated alkanes) is 1. The van der Waals surface area contributed by atoms with Gasteiger partial charge in [0.15, 0.2) is 0 Å². The van der Waals surface area contributed by atoms with E-state index in [9.17, 15) is 13.2 Å². The zero-order valence-electron chi connectivity index (χ0n) is 15.2. The zero-order chi connectivity index (χ0) is 18.4. The van der Waals surface area contributed by atoms with Gasteiger partial charge in [-0.3, -0.25) is 4.79 Å². The Kier molecular flexibility index (Phi) is 8.82. The van der Waals surface area contributed by atoms with Crippen LogP contribution in [0.25, 0.3) is 0 Å². The number of amides is 1. The molecule has 0 saturated heterocycles. The van der Waals surface area contributed by atoms with E-state index in [1.165, 1.54) is 19.2 Å². The number of ether oxygens (including phenoxy) is 1. The molecule has 0 heterocycles. The number of benzene rings is 1. The molecule has 1 unspecified atom stereocenters. The fourth-order valence-corrected chi connectivity index (χ4v) is 3.98. The van der Waals surface area contributed by atoms with Crippen molar-refractivity contribution < 1.29 is 17.9 Å². The second kappa shape index (κ2) is 10.1. The van der Waals surface area contributed by atoms with Crippen LogP contribution in [-0.2, 0) is 10.0 Å². The molecular weight excluding hydrogens is 378 g/mol. The molecule has 1 fully saturated rings. The minimum absolute atomic E-state index is 0. The number of carbonyl (C=O) groups excluding carboxylic acids is 1. The summed E-state index contributed by atoms with van der Waals surface area (Å²) >= 11 is 0. The molecular formula is C17H28ClN3O4S. The van der Waals surface area contributed by atoms with Crippen LogP contribution in [0.5, 0.6) is 5.75 Å². The van der Waals surface area contributed by atoms with Crippen LogP contribution >= 0.6 is 12.4 Å². The maximum atomic E-state index is 12.5. The largest absolute Gasteiger partial charge is 0.495 e. The van der Waals surface area contributed by atoms with Crippen molar-refractivity contribution in [3.8, 4) is 5.75 Å². The molecule has 1 aromatic rings. The van der Waals surface area contributed by atoms with E-state index in [0.29, 0.717) is 6.54 Å².